The van der Waals surface area contributed by atoms with Gasteiger partial charge < -0.3 is 14.6 Å². The average molecular weight is 349 g/mol. The predicted octanol–water partition coefficient (Wildman–Crippen LogP) is 1.90. The molecule has 0 radical (unpaired) electrons. The molecule has 25 heavy (non-hydrogen) atoms. The van der Waals surface area contributed by atoms with E-state index in [2.05, 4.69) is 27.3 Å². The van der Waals surface area contributed by atoms with Gasteiger partial charge in [0, 0.05) is 19.6 Å². The van der Waals surface area contributed by atoms with E-state index < -0.39 is 0 Å². The highest BCUT2D eigenvalue weighted by Crippen LogP contribution is 2.35. The summed E-state index contributed by atoms with van der Waals surface area (Å²) < 4.78 is 7.54. The Morgan fingerprint density at radius 1 is 1.32 bits per heavy atom. The third-order valence-electron chi connectivity index (χ3n) is 5.56. The van der Waals surface area contributed by atoms with E-state index >= 15 is 0 Å². The van der Waals surface area contributed by atoms with E-state index in [0.29, 0.717) is 0 Å². The maximum atomic E-state index is 13.3. The first-order valence-electron chi connectivity index (χ1n) is 9.69. The molecule has 1 saturated carbocycles. The summed E-state index contributed by atoms with van der Waals surface area (Å²) in [5.41, 5.74) is -0.383. The number of ether oxygens (including phenoxy) is 1. The zero-order valence-corrected chi connectivity index (χ0v) is 15.5. The number of nitrogens with one attached hydrogen (secondary N) is 1. The van der Waals surface area contributed by atoms with Crippen LogP contribution in [0.4, 0.5) is 0 Å². The number of carbonyl (C=O) groups excluding carboxylic acids is 1. The van der Waals surface area contributed by atoms with Gasteiger partial charge in [0.15, 0.2) is 5.82 Å². The summed E-state index contributed by atoms with van der Waals surface area (Å²) in [7, 11) is 0. The van der Waals surface area contributed by atoms with Crippen molar-refractivity contribution in [2.75, 3.05) is 26.3 Å². The van der Waals surface area contributed by atoms with Crippen LogP contribution in [0.1, 0.15) is 64.2 Å². The fourth-order valence-corrected chi connectivity index (χ4v) is 4.22. The molecule has 2 aliphatic rings. The van der Waals surface area contributed by atoms with Crippen molar-refractivity contribution in [3.63, 3.8) is 0 Å². The molecule has 1 aliphatic carbocycles. The second-order valence-electron chi connectivity index (χ2n) is 7.27. The molecule has 2 heterocycles. The van der Waals surface area contributed by atoms with Gasteiger partial charge in [-0.1, -0.05) is 26.2 Å². The molecule has 1 aromatic heterocycles. The van der Waals surface area contributed by atoms with Gasteiger partial charge in [0.2, 0.25) is 5.91 Å². The lowest BCUT2D eigenvalue weighted by molar-refractivity contribution is -0.140. The van der Waals surface area contributed by atoms with Gasteiger partial charge in [-0.05, 0) is 26.2 Å². The molecule has 1 aromatic rings. The summed E-state index contributed by atoms with van der Waals surface area (Å²) in [5.74, 6) is 0.982. The summed E-state index contributed by atoms with van der Waals surface area (Å²) in [6, 6.07) is -0.138. The van der Waals surface area contributed by atoms with Crippen LogP contribution in [0, 0.1) is 0 Å². The Labute approximate surface area is 150 Å². The standard InChI is InChI=1S/C18H31N5O2/c1-3-9-22-14-19-21-16(22)15(2)20-17(24)18(7-5-4-6-8-18)23-10-12-25-13-11-23/h14-15H,3-13H2,1-2H3,(H,20,24)/t15-/m1/s1. The molecule has 1 atom stereocenters. The van der Waals surface area contributed by atoms with Crippen LogP contribution in [0.3, 0.4) is 0 Å². The molecule has 7 nitrogen and oxygen atoms in total. The summed E-state index contributed by atoms with van der Waals surface area (Å²) in [5, 5.41) is 11.5. The van der Waals surface area contributed by atoms with Gasteiger partial charge in [-0.15, -0.1) is 10.2 Å². The Balaban J connectivity index is 1.74. The molecule has 1 N–H and O–H groups in total. The third kappa shape index (κ3) is 3.87. The summed E-state index contributed by atoms with van der Waals surface area (Å²) in [4.78, 5) is 15.7. The van der Waals surface area contributed by atoms with Gasteiger partial charge in [0.25, 0.3) is 0 Å². The number of hydrogen-bond acceptors (Lipinski definition) is 5. The van der Waals surface area contributed by atoms with E-state index in [9.17, 15) is 4.79 Å². The first kappa shape index (κ1) is 18.3. The number of carbonyl (C=O) groups is 1. The highest BCUT2D eigenvalue weighted by atomic mass is 16.5. The Kier molecular flexibility index (Phi) is 6.06. The fraction of sp³-hybridized carbons (Fsp3) is 0.833. The Morgan fingerprint density at radius 2 is 2.04 bits per heavy atom. The van der Waals surface area contributed by atoms with Crippen LogP contribution >= 0.6 is 0 Å². The summed E-state index contributed by atoms with van der Waals surface area (Å²) >= 11 is 0. The minimum Gasteiger partial charge on any atom is -0.379 e. The van der Waals surface area contributed by atoms with Crippen molar-refractivity contribution in [1.29, 1.82) is 0 Å². The molecule has 0 spiro atoms. The maximum absolute atomic E-state index is 13.3. The van der Waals surface area contributed by atoms with E-state index in [-0.39, 0.29) is 17.5 Å². The van der Waals surface area contributed by atoms with Crippen LogP contribution in [-0.4, -0.2) is 57.4 Å². The number of nitrogens with zero attached hydrogens (tertiary/aromatic N) is 4. The molecule has 0 unspecified atom stereocenters. The SMILES string of the molecule is CCCn1cnnc1[C@@H](C)NC(=O)C1(N2CCOCC2)CCCCC1. The second kappa shape index (κ2) is 8.27. The monoisotopic (exact) mass is 349 g/mol. The van der Waals surface area contributed by atoms with Crippen molar-refractivity contribution in [2.24, 2.45) is 0 Å². The van der Waals surface area contributed by atoms with Gasteiger partial charge in [0.05, 0.1) is 19.3 Å². The van der Waals surface area contributed by atoms with Crippen molar-refractivity contribution in [3.05, 3.63) is 12.2 Å². The van der Waals surface area contributed by atoms with Gasteiger partial charge in [-0.2, -0.15) is 0 Å². The zero-order chi connectivity index (χ0) is 17.7. The van der Waals surface area contributed by atoms with E-state index in [0.717, 1.165) is 70.8 Å². The molecular weight excluding hydrogens is 318 g/mol. The zero-order valence-electron chi connectivity index (χ0n) is 15.5. The molecule has 7 heteroatoms. The lowest BCUT2D eigenvalue weighted by atomic mass is 9.79. The lowest BCUT2D eigenvalue weighted by Gasteiger charge is -2.46. The van der Waals surface area contributed by atoms with Gasteiger partial charge in [-0.25, -0.2) is 0 Å². The van der Waals surface area contributed by atoms with Crippen LogP contribution in [0.2, 0.25) is 0 Å². The number of hydrogen-bond donors (Lipinski definition) is 1. The van der Waals surface area contributed by atoms with Crippen molar-refractivity contribution >= 4 is 5.91 Å². The van der Waals surface area contributed by atoms with Gasteiger partial charge in [-0.3, -0.25) is 9.69 Å². The molecule has 1 saturated heterocycles. The van der Waals surface area contributed by atoms with Crippen LogP contribution in [0.25, 0.3) is 0 Å². The van der Waals surface area contributed by atoms with Crippen LogP contribution in [0.15, 0.2) is 6.33 Å². The highest BCUT2D eigenvalue weighted by Gasteiger charge is 2.45. The quantitative estimate of drug-likeness (QED) is 0.849. The summed E-state index contributed by atoms with van der Waals surface area (Å²) in [6.07, 6.45) is 8.10. The number of aromatic nitrogens is 3. The highest BCUT2D eigenvalue weighted by molar-refractivity contribution is 5.86. The van der Waals surface area contributed by atoms with E-state index in [4.69, 9.17) is 4.74 Å². The van der Waals surface area contributed by atoms with Gasteiger partial charge >= 0.3 is 0 Å². The molecular formula is C18H31N5O2. The van der Waals surface area contributed by atoms with E-state index in [1.54, 1.807) is 6.33 Å². The minimum absolute atomic E-state index is 0.138. The van der Waals surface area contributed by atoms with Crippen LogP contribution < -0.4 is 5.32 Å². The summed E-state index contributed by atoms with van der Waals surface area (Å²) in [6.45, 7) is 8.12. The topological polar surface area (TPSA) is 72.3 Å². The average Bonchev–Trinajstić information content (AvgIpc) is 3.12. The normalized spacial score (nSPS) is 22.5. The predicted molar refractivity (Wildman–Crippen MR) is 95.1 cm³/mol. The molecule has 3 rings (SSSR count). The van der Waals surface area contributed by atoms with E-state index in [1.165, 1.54) is 6.42 Å². The van der Waals surface area contributed by atoms with Crippen molar-refractivity contribution in [1.82, 2.24) is 25.0 Å². The first-order chi connectivity index (χ1) is 12.2. The second-order valence-corrected chi connectivity index (χ2v) is 7.27. The molecule has 0 bridgehead atoms. The van der Waals surface area contributed by atoms with Crippen LogP contribution in [0.5, 0.6) is 0 Å². The molecule has 0 aromatic carbocycles. The number of amides is 1. The molecule has 1 amide bonds. The van der Waals surface area contributed by atoms with Crippen LogP contribution in [-0.2, 0) is 16.1 Å². The largest absolute Gasteiger partial charge is 0.379 e. The number of rotatable bonds is 6. The van der Waals surface area contributed by atoms with Crippen molar-refractivity contribution < 1.29 is 9.53 Å². The third-order valence-corrected chi connectivity index (χ3v) is 5.56. The van der Waals surface area contributed by atoms with Gasteiger partial charge in [0.1, 0.15) is 11.9 Å². The molecule has 140 valence electrons. The van der Waals surface area contributed by atoms with Crippen molar-refractivity contribution in [2.45, 2.75) is 70.5 Å². The maximum Gasteiger partial charge on any atom is 0.241 e. The first-order valence-corrected chi connectivity index (χ1v) is 9.69. The molecule has 1 aliphatic heterocycles. The lowest BCUT2D eigenvalue weighted by Crippen LogP contribution is -2.62. The number of aryl methyl sites for hydroxylation is 1. The fourth-order valence-electron chi connectivity index (χ4n) is 4.22. The van der Waals surface area contributed by atoms with Crippen molar-refractivity contribution in [3.8, 4) is 0 Å². The smallest absolute Gasteiger partial charge is 0.241 e. The Morgan fingerprint density at radius 3 is 2.72 bits per heavy atom. The minimum atomic E-state index is -0.383. The van der Waals surface area contributed by atoms with E-state index in [1.807, 2.05) is 11.5 Å². The Bertz CT molecular complexity index is 562. The Hall–Kier alpha value is -1.47. The number of morpholine rings is 1. The molecule has 2 fully saturated rings.